The summed E-state index contributed by atoms with van der Waals surface area (Å²) in [5.41, 5.74) is 7.32. The molecule has 1 atom stereocenters. The van der Waals surface area contributed by atoms with Crippen molar-refractivity contribution in [1.82, 2.24) is 5.32 Å². The SMILES string of the molecule is COC(C)CNCc1cccc(/C(N)=N/O)c1. The Hall–Kier alpha value is -1.59. The summed E-state index contributed by atoms with van der Waals surface area (Å²) in [5, 5.41) is 14.8. The summed E-state index contributed by atoms with van der Waals surface area (Å²) in [7, 11) is 1.69. The fourth-order valence-electron chi connectivity index (χ4n) is 1.40. The molecule has 1 rings (SSSR count). The lowest BCUT2D eigenvalue weighted by molar-refractivity contribution is 0.117. The van der Waals surface area contributed by atoms with Gasteiger partial charge in [0.25, 0.3) is 0 Å². The molecule has 0 aromatic heterocycles. The second-order valence-corrected chi connectivity index (χ2v) is 3.86. The van der Waals surface area contributed by atoms with Gasteiger partial charge in [0.05, 0.1) is 6.10 Å². The Morgan fingerprint density at radius 2 is 2.35 bits per heavy atom. The molecule has 0 bridgehead atoms. The van der Waals surface area contributed by atoms with Crippen LogP contribution in [0.4, 0.5) is 0 Å². The average molecular weight is 237 g/mol. The fraction of sp³-hybridized carbons (Fsp3) is 0.417. The summed E-state index contributed by atoms with van der Waals surface area (Å²) in [6, 6.07) is 7.55. The maximum absolute atomic E-state index is 8.59. The van der Waals surface area contributed by atoms with E-state index >= 15 is 0 Å². The maximum atomic E-state index is 8.59. The topological polar surface area (TPSA) is 79.9 Å². The quantitative estimate of drug-likeness (QED) is 0.297. The highest BCUT2D eigenvalue weighted by atomic mass is 16.5. The van der Waals surface area contributed by atoms with Crippen molar-refractivity contribution in [2.24, 2.45) is 10.9 Å². The molecule has 0 amide bonds. The first-order valence-corrected chi connectivity index (χ1v) is 5.47. The molecule has 0 saturated carbocycles. The van der Waals surface area contributed by atoms with Crippen LogP contribution in [0.25, 0.3) is 0 Å². The summed E-state index contributed by atoms with van der Waals surface area (Å²) < 4.78 is 5.13. The molecule has 1 aromatic rings. The van der Waals surface area contributed by atoms with E-state index in [1.54, 1.807) is 13.2 Å². The molecule has 5 nitrogen and oxygen atoms in total. The van der Waals surface area contributed by atoms with Crippen molar-refractivity contribution in [3.63, 3.8) is 0 Å². The predicted molar refractivity (Wildman–Crippen MR) is 67.1 cm³/mol. The van der Waals surface area contributed by atoms with Crippen LogP contribution < -0.4 is 11.1 Å². The second-order valence-electron chi connectivity index (χ2n) is 3.86. The average Bonchev–Trinajstić information content (AvgIpc) is 2.38. The largest absolute Gasteiger partial charge is 0.409 e. The highest BCUT2D eigenvalue weighted by Gasteiger charge is 2.02. The van der Waals surface area contributed by atoms with E-state index in [2.05, 4.69) is 10.5 Å². The standard InChI is InChI=1S/C12H19N3O2/c1-9(17-2)7-14-8-10-4-3-5-11(6-10)12(13)15-16/h3-6,9,14,16H,7-8H2,1-2H3,(H2,13,15). The van der Waals surface area contributed by atoms with Gasteiger partial charge in [-0.3, -0.25) is 0 Å². The molecule has 0 fully saturated rings. The molecule has 17 heavy (non-hydrogen) atoms. The number of ether oxygens (including phenoxy) is 1. The van der Waals surface area contributed by atoms with Crippen molar-refractivity contribution in [3.05, 3.63) is 35.4 Å². The first-order chi connectivity index (χ1) is 8.17. The highest BCUT2D eigenvalue weighted by molar-refractivity contribution is 5.97. The summed E-state index contributed by atoms with van der Waals surface area (Å²) in [6.45, 7) is 3.50. The summed E-state index contributed by atoms with van der Waals surface area (Å²) in [5.74, 6) is 0.122. The van der Waals surface area contributed by atoms with Crippen molar-refractivity contribution in [2.75, 3.05) is 13.7 Å². The zero-order valence-corrected chi connectivity index (χ0v) is 10.2. The molecule has 0 aliphatic carbocycles. The smallest absolute Gasteiger partial charge is 0.170 e. The molecule has 0 heterocycles. The van der Waals surface area contributed by atoms with Gasteiger partial charge in [-0.25, -0.2) is 0 Å². The maximum Gasteiger partial charge on any atom is 0.170 e. The minimum Gasteiger partial charge on any atom is -0.409 e. The molecule has 0 aliphatic heterocycles. The van der Waals surface area contributed by atoms with Crippen LogP contribution in [0.1, 0.15) is 18.1 Å². The third-order valence-electron chi connectivity index (χ3n) is 2.49. The molecular weight excluding hydrogens is 218 g/mol. The highest BCUT2D eigenvalue weighted by Crippen LogP contribution is 2.05. The number of methoxy groups -OCH3 is 1. The van der Waals surface area contributed by atoms with E-state index in [0.717, 1.165) is 18.7 Å². The van der Waals surface area contributed by atoms with E-state index < -0.39 is 0 Å². The van der Waals surface area contributed by atoms with Gasteiger partial charge in [0.2, 0.25) is 0 Å². The lowest BCUT2D eigenvalue weighted by Gasteiger charge is -2.11. The molecule has 0 radical (unpaired) electrons. The Kier molecular flexibility index (Phi) is 5.45. The van der Waals surface area contributed by atoms with Crippen molar-refractivity contribution in [1.29, 1.82) is 0 Å². The fourth-order valence-corrected chi connectivity index (χ4v) is 1.40. The van der Waals surface area contributed by atoms with E-state index in [-0.39, 0.29) is 11.9 Å². The minimum absolute atomic E-state index is 0.122. The van der Waals surface area contributed by atoms with E-state index in [1.807, 2.05) is 25.1 Å². The van der Waals surface area contributed by atoms with Gasteiger partial charge in [-0.15, -0.1) is 0 Å². The molecule has 1 unspecified atom stereocenters. The van der Waals surface area contributed by atoms with Gasteiger partial charge in [-0.2, -0.15) is 0 Å². The number of amidine groups is 1. The van der Waals surface area contributed by atoms with Crippen molar-refractivity contribution in [2.45, 2.75) is 19.6 Å². The van der Waals surface area contributed by atoms with Gasteiger partial charge in [-0.05, 0) is 18.6 Å². The Labute approximate surface area is 101 Å². The van der Waals surface area contributed by atoms with Crippen LogP contribution in [0.5, 0.6) is 0 Å². The van der Waals surface area contributed by atoms with Crippen molar-refractivity contribution in [3.8, 4) is 0 Å². The normalized spacial score (nSPS) is 13.6. The molecule has 94 valence electrons. The second kappa shape index (κ2) is 6.88. The molecule has 5 heteroatoms. The summed E-state index contributed by atoms with van der Waals surface area (Å²) in [6.07, 6.45) is 0.183. The van der Waals surface area contributed by atoms with Gasteiger partial charge in [0, 0.05) is 25.8 Å². The van der Waals surface area contributed by atoms with Gasteiger partial charge in [-0.1, -0.05) is 23.4 Å². The summed E-state index contributed by atoms with van der Waals surface area (Å²) >= 11 is 0. The number of rotatable bonds is 6. The first kappa shape index (κ1) is 13.5. The number of nitrogens with zero attached hydrogens (tertiary/aromatic N) is 1. The number of hydrogen-bond donors (Lipinski definition) is 3. The first-order valence-electron chi connectivity index (χ1n) is 5.47. The van der Waals surface area contributed by atoms with Crippen LogP contribution in [0.2, 0.25) is 0 Å². The molecule has 0 saturated heterocycles. The Morgan fingerprint density at radius 1 is 1.59 bits per heavy atom. The predicted octanol–water partition coefficient (Wildman–Crippen LogP) is 0.906. The van der Waals surface area contributed by atoms with Gasteiger partial charge in [0.15, 0.2) is 5.84 Å². The van der Waals surface area contributed by atoms with Crippen LogP contribution in [-0.2, 0) is 11.3 Å². The van der Waals surface area contributed by atoms with Crippen LogP contribution in [0, 0.1) is 0 Å². The van der Waals surface area contributed by atoms with Crippen LogP contribution >= 0.6 is 0 Å². The van der Waals surface area contributed by atoms with E-state index in [9.17, 15) is 0 Å². The zero-order chi connectivity index (χ0) is 12.7. The van der Waals surface area contributed by atoms with Crippen LogP contribution in [0.15, 0.2) is 29.4 Å². The van der Waals surface area contributed by atoms with Crippen molar-refractivity contribution >= 4 is 5.84 Å². The Morgan fingerprint density at radius 3 is 3.00 bits per heavy atom. The number of nitrogens with two attached hydrogens (primary N) is 1. The monoisotopic (exact) mass is 237 g/mol. The zero-order valence-electron chi connectivity index (χ0n) is 10.2. The van der Waals surface area contributed by atoms with E-state index in [0.29, 0.717) is 5.56 Å². The van der Waals surface area contributed by atoms with Crippen LogP contribution in [-0.4, -0.2) is 30.8 Å². The number of hydrogen-bond acceptors (Lipinski definition) is 4. The molecule has 4 N–H and O–H groups in total. The van der Waals surface area contributed by atoms with Gasteiger partial charge in [0.1, 0.15) is 0 Å². The molecule has 1 aromatic carbocycles. The number of oxime groups is 1. The lowest BCUT2D eigenvalue weighted by Crippen LogP contribution is -2.25. The third-order valence-corrected chi connectivity index (χ3v) is 2.49. The number of benzene rings is 1. The molecule has 0 spiro atoms. The molecular formula is C12H19N3O2. The van der Waals surface area contributed by atoms with Gasteiger partial charge < -0.3 is 21.0 Å². The van der Waals surface area contributed by atoms with E-state index in [4.69, 9.17) is 15.7 Å². The Bertz CT molecular complexity index is 380. The minimum atomic E-state index is 0.122. The van der Waals surface area contributed by atoms with Crippen molar-refractivity contribution < 1.29 is 9.94 Å². The molecule has 0 aliphatic rings. The van der Waals surface area contributed by atoms with Crippen LogP contribution in [0.3, 0.4) is 0 Å². The van der Waals surface area contributed by atoms with Gasteiger partial charge >= 0.3 is 0 Å². The number of nitrogens with one attached hydrogen (secondary N) is 1. The summed E-state index contributed by atoms with van der Waals surface area (Å²) in [4.78, 5) is 0. The lowest BCUT2D eigenvalue weighted by atomic mass is 10.1. The third kappa shape index (κ3) is 4.42. The Balaban J connectivity index is 2.54. The van der Waals surface area contributed by atoms with E-state index in [1.165, 1.54) is 0 Å².